The first-order valence-electron chi connectivity index (χ1n) is 8.21. The predicted molar refractivity (Wildman–Crippen MR) is 91.9 cm³/mol. The van der Waals surface area contributed by atoms with E-state index in [0.717, 1.165) is 49.2 Å². The number of likely N-dealkylation sites (tertiary alicyclic amines) is 1. The van der Waals surface area contributed by atoms with E-state index < -0.39 is 0 Å². The molecule has 1 atom stereocenters. The topological polar surface area (TPSA) is 56.0 Å². The molecule has 23 heavy (non-hydrogen) atoms. The van der Waals surface area contributed by atoms with Crippen LogP contribution in [-0.2, 0) is 0 Å². The molecule has 1 N–H and O–H groups in total. The van der Waals surface area contributed by atoms with Crippen molar-refractivity contribution in [1.82, 2.24) is 10.2 Å². The zero-order valence-electron chi connectivity index (χ0n) is 13.8. The second-order valence-corrected chi connectivity index (χ2v) is 6.28. The molecule has 0 aromatic heterocycles. The van der Waals surface area contributed by atoms with Crippen molar-refractivity contribution in [3.05, 3.63) is 40.9 Å². The summed E-state index contributed by atoms with van der Waals surface area (Å²) in [5, 5.41) is 12.3. The quantitative estimate of drug-likeness (QED) is 0.849. The van der Waals surface area contributed by atoms with Gasteiger partial charge in [-0.15, -0.1) is 0 Å². The monoisotopic (exact) mass is 314 g/mol. The van der Waals surface area contributed by atoms with Crippen LogP contribution < -0.4 is 14.8 Å². The Morgan fingerprint density at radius 1 is 1.30 bits per heavy atom. The standard InChI is InChI=1S/C18H24N3O2/c1-13(10-19)11-20-16-5-7-21(8-6-16)14(2)15-3-4-17-18(9-15)23-12-22-17/h3-4,9-11,14,16,20H,5-8,12H2,1-2H3/q-1/b13-11-. The second-order valence-electron chi connectivity index (χ2n) is 6.28. The molecule has 0 spiro atoms. The van der Waals surface area contributed by atoms with Gasteiger partial charge in [0.15, 0.2) is 11.5 Å². The summed E-state index contributed by atoms with van der Waals surface area (Å²) in [6.45, 7) is 6.56. The number of benzene rings is 1. The number of hydrogen-bond acceptors (Lipinski definition) is 4. The molecule has 124 valence electrons. The van der Waals surface area contributed by atoms with E-state index in [1.54, 1.807) is 0 Å². The van der Waals surface area contributed by atoms with Crippen molar-refractivity contribution >= 4 is 6.21 Å². The Kier molecular flexibility index (Phi) is 4.86. The molecule has 0 aliphatic carbocycles. The van der Waals surface area contributed by atoms with E-state index in [0.29, 0.717) is 18.9 Å². The van der Waals surface area contributed by atoms with Gasteiger partial charge in [0.05, 0.1) is 0 Å². The van der Waals surface area contributed by atoms with Crippen LogP contribution in [0.4, 0.5) is 0 Å². The molecule has 3 rings (SSSR count). The van der Waals surface area contributed by atoms with E-state index in [1.165, 1.54) is 5.56 Å². The smallest absolute Gasteiger partial charge is 0.231 e. The number of hydrogen-bond donors (Lipinski definition) is 1. The number of ether oxygens (including phenoxy) is 2. The minimum atomic E-state index is 0.322. The Morgan fingerprint density at radius 2 is 2.04 bits per heavy atom. The van der Waals surface area contributed by atoms with Crippen LogP contribution in [0.2, 0.25) is 0 Å². The number of allylic oxidation sites excluding steroid dienone is 1. The first kappa shape index (κ1) is 15.9. The summed E-state index contributed by atoms with van der Waals surface area (Å²) >= 11 is 0. The fourth-order valence-electron chi connectivity index (χ4n) is 3.12. The highest BCUT2D eigenvalue weighted by Gasteiger charge is 2.24. The third-order valence-corrected chi connectivity index (χ3v) is 4.71. The van der Waals surface area contributed by atoms with Crippen molar-refractivity contribution < 1.29 is 9.47 Å². The summed E-state index contributed by atoms with van der Waals surface area (Å²) in [7, 11) is 0. The van der Waals surface area contributed by atoms with Crippen LogP contribution in [0.25, 0.3) is 5.41 Å². The summed E-state index contributed by atoms with van der Waals surface area (Å²) in [6.07, 6.45) is 5.22. The summed E-state index contributed by atoms with van der Waals surface area (Å²) in [6, 6.07) is 7.08. The van der Waals surface area contributed by atoms with Crippen LogP contribution in [0.3, 0.4) is 0 Å². The lowest BCUT2D eigenvalue weighted by Gasteiger charge is -2.36. The Hall–Kier alpha value is -2.01. The summed E-state index contributed by atoms with van der Waals surface area (Å²) in [5.74, 6) is 1.69. The van der Waals surface area contributed by atoms with E-state index in [4.69, 9.17) is 14.9 Å². The summed E-state index contributed by atoms with van der Waals surface area (Å²) in [4.78, 5) is 2.50. The summed E-state index contributed by atoms with van der Waals surface area (Å²) in [5.41, 5.74) is 2.12. The van der Waals surface area contributed by atoms with Crippen LogP contribution in [0.15, 0.2) is 30.0 Å². The lowest BCUT2D eigenvalue weighted by molar-refractivity contribution is 0.156. The zero-order chi connectivity index (χ0) is 16.2. The molecule has 2 aliphatic heterocycles. The van der Waals surface area contributed by atoms with Gasteiger partial charge in [-0.2, -0.15) is 6.21 Å². The molecule has 1 aromatic rings. The van der Waals surface area contributed by atoms with Gasteiger partial charge in [0.1, 0.15) is 0 Å². The van der Waals surface area contributed by atoms with Gasteiger partial charge >= 0.3 is 0 Å². The molecule has 0 saturated carbocycles. The third kappa shape index (κ3) is 3.67. The van der Waals surface area contributed by atoms with Crippen molar-refractivity contribution in [2.45, 2.75) is 38.8 Å². The van der Waals surface area contributed by atoms with Crippen LogP contribution >= 0.6 is 0 Å². The molecule has 1 aromatic carbocycles. The maximum Gasteiger partial charge on any atom is 0.231 e. The van der Waals surface area contributed by atoms with Crippen molar-refractivity contribution in [2.75, 3.05) is 19.9 Å². The average Bonchev–Trinajstić information content (AvgIpc) is 3.07. The lowest BCUT2D eigenvalue weighted by Crippen LogP contribution is -2.42. The normalized spacial score (nSPS) is 20.3. The number of nitrogens with zero attached hydrogens (tertiary/aromatic N) is 2. The average molecular weight is 314 g/mol. The molecule has 1 fully saturated rings. The molecule has 2 heterocycles. The number of fused-ring (bicyclic) bond motifs is 1. The largest absolute Gasteiger partial charge is 0.810 e. The Balaban J connectivity index is 1.56. The summed E-state index contributed by atoms with van der Waals surface area (Å²) < 4.78 is 10.9. The maximum absolute atomic E-state index is 8.91. The van der Waals surface area contributed by atoms with Crippen molar-refractivity contribution in [1.29, 1.82) is 0 Å². The zero-order valence-corrected chi connectivity index (χ0v) is 13.8. The maximum atomic E-state index is 8.91. The van der Waals surface area contributed by atoms with Gasteiger partial charge in [-0.25, -0.2) is 0 Å². The lowest BCUT2D eigenvalue weighted by atomic mass is 10.00. The highest BCUT2D eigenvalue weighted by Crippen LogP contribution is 2.35. The van der Waals surface area contributed by atoms with Crippen LogP contribution in [0.5, 0.6) is 11.5 Å². The van der Waals surface area contributed by atoms with Crippen molar-refractivity contribution in [2.24, 2.45) is 0 Å². The van der Waals surface area contributed by atoms with Gasteiger partial charge in [-0.3, -0.25) is 4.90 Å². The van der Waals surface area contributed by atoms with E-state index in [-0.39, 0.29) is 0 Å². The first-order valence-corrected chi connectivity index (χ1v) is 8.21. The highest BCUT2D eigenvalue weighted by atomic mass is 16.7. The molecule has 2 aliphatic rings. The van der Waals surface area contributed by atoms with E-state index in [2.05, 4.69) is 29.3 Å². The number of nitrogens with one attached hydrogen (secondary N) is 1. The van der Waals surface area contributed by atoms with Gasteiger partial charge in [0.2, 0.25) is 6.79 Å². The molecule has 5 nitrogen and oxygen atoms in total. The third-order valence-electron chi connectivity index (χ3n) is 4.71. The van der Waals surface area contributed by atoms with Crippen LogP contribution in [-0.4, -0.2) is 37.0 Å². The van der Waals surface area contributed by atoms with Gasteiger partial charge < -0.3 is 20.2 Å². The van der Waals surface area contributed by atoms with Crippen LogP contribution in [0.1, 0.15) is 38.3 Å². The SMILES string of the molecule is C/C(C=[N-])=C/NC1CCN(C(C)c2ccc3c(c2)OCO3)CC1. The van der Waals surface area contributed by atoms with Gasteiger partial charge in [0.25, 0.3) is 0 Å². The molecule has 1 saturated heterocycles. The minimum Gasteiger partial charge on any atom is -0.810 e. The number of rotatable bonds is 5. The predicted octanol–water partition coefficient (Wildman–Crippen LogP) is 3.07. The Labute approximate surface area is 137 Å². The fraction of sp³-hybridized carbons (Fsp3) is 0.500. The number of piperidine rings is 1. The molecular formula is C18H24N3O2-. The Bertz CT molecular complexity index is 592. The molecule has 1 unspecified atom stereocenters. The molecule has 5 heteroatoms. The van der Waals surface area contributed by atoms with Crippen molar-refractivity contribution in [3.8, 4) is 11.5 Å². The minimum absolute atomic E-state index is 0.322. The molecule has 0 radical (unpaired) electrons. The van der Waals surface area contributed by atoms with Gasteiger partial charge in [0, 0.05) is 25.2 Å². The second kappa shape index (κ2) is 7.04. The van der Waals surface area contributed by atoms with Crippen LogP contribution in [0, 0.1) is 0 Å². The van der Waals surface area contributed by atoms with Gasteiger partial charge in [-0.05, 0) is 50.6 Å². The first-order chi connectivity index (χ1) is 11.2. The van der Waals surface area contributed by atoms with E-state index in [9.17, 15) is 0 Å². The van der Waals surface area contributed by atoms with E-state index >= 15 is 0 Å². The molecular weight excluding hydrogens is 290 g/mol. The highest BCUT2D eigenvalue weighted by molar-refractivity contribution is 5.79. The van der Waals surface area contributed by atoms with Gasteiger partial charge in [-0.1, -0.05) is 11.6 Å². The molecule has 0 amide bonds. The Morgan fingerprint density at radius 3 is 2.78 bits per heavy atom. The fourth-order valence-corrected chi connectivity index (χ4v) is 3.12. The van der Waals surface area contributed by atoms with Crippen molar-refractivity contribution in [3.63, 3.8) is 0 Å². The molecule has 0 bridgehead atoms. The van der Waals surface area contributed by atoms with E-state index in [1.807, 2.05) is 19.2 Å².